The van der Waals surface area contributed by atoms with Crippen LogP contribution in [0.1, 0.15) is 40.3 Å². The maximum absolute atomic E-state index is 11.6. The second-order valence-electron chi connectivity index (χ2n) is 6.68. The van der Waals surface area contributed by atoms with Crippen molar-refractivity contribution in [1.82, 2.24) is 20.4 Å². The van der Waals surface area contributed by atoms with E-state index in [1.165, 1.54) is 0 Å². The average molecular weight is 364 g/mol. The van der Waals surface area contributed by atoms with Crippen LogP contribution in [0.3, 0.4) is 0 Å². The molecule has 2 aromatic carbocycles. The normalized spacial score (nSPS) is 12.2. The van der Waals surface area contributed by atoms with Crippen molar-refractivity contribution in [1.29, 1.82) is 0 Å². The molecule has 1 heterocycles. The number of hydrogen-bond donors (Lipinski definition) is 1. The molecule has 6 nitrogen and oxygen atoms in total. The van der Waals surface area contributed by atoms with E-state index in [1.807, 2.05) is 69.4 Å². The standard InChI is InChI=1S/C21H24N4O2/c1-14-6-5-7-18(12-14)21-24-23-20(27-21)15(2)25(4)13-16-8-10-17(11-9-16)19(26)22-3/h5-12,15H,13H2,1-4H3,(H,22,26)/t15-/m1/s1. The van der Waals surface area contributed by atoms with Gasteiger partial charge in [0.2, 0.25) is 11.8 Å². The summed E-state index contributed by atoms with van der Waals surface area (Å²) in [5, 5.41) is 11.0. The molecule has 3 rings (SSSR count). The van der Waals surface area contributed by atoms with Gasteiger partial charge in [-0.3, -0.25) is 9.69 Å². The van der Waals surface area contributed by atoms with Crippen LogP contribution < -0.4 is 5.32 Å². The van der Waals surface area contributed by atoms with E-state index in [-0.39, 0.29) is 11.9 Å². The molecule has 0 fully saturated rings. The fourth-order valence-corrected chi connectivity index (χ4v) is 2.82. The molecule has 0 saturated heterocycles. The Morgan fingerprint density at radius 3 is 2.59 bits per heavy atom. The minimum atomic E-state index is -0.0854. The number of nitrogens with zero attached hydrogens (tertiary/aromatic N) is 3. The molecule has 0 aliphatic rings. The Kier molecular flexibility index (Phi) is 5.66. The van der Waals surface area contributed by atoms with E-state index < -0.39 is 0 Å². The van der Waals surface area contributed by atoms with Crippen molar-refractivity contribution in [2.45, 2.75) is 26.4 Å². The smallest absolute Gasteiger partial charge is 0.251 e. The van der Waals surface area contributed by atoms with E-state index in [0.717, 1.165) is 16.7 Å². The molecule has 0 saturated carbocycles. The van der Waals surface area contributed by atoms with Gasteiger partial charge < -0.3 is 9.73 Å². The summed E-state index contributed by atoms with van der Waals surface area (Å²) in [5.74, 6) is 1.03. The van der Waals surface area contributed by atoms with Gasteiger partial charge in [0.1, 0.15) is 0 Å². The van der Waals surface area contributed by atoms with Gasteiger partial charge in [-0.05, 0) is 50.7 Å². The lowest BCUT2D eigenvalue weighted by Gasteiger charge is -2.21. The molecular formula is C21H24N4O2. The first-order valence-electron chi connectivity index (χ1n) is 8.89. The summed E-state index contributed by atoms with van der Waals surface area (Å²) in [5.41, 5.74) is 3.83. The van der Waals surface area contributed by atoms with Crippen LogP contribution in [0.15, 0.2) is 52.9 Å². The molecule has 1 amide bonds. The molecule has 0 spiro atoms. The van der Waals surface area contributed by atoms with Crippen LogP contribution in [-0.2, 0) is 6.54 Å². The topological polar surface area (TPSA) is 71.3 Å². The first-order chi connectivity index (χ1) is 13.0. The monoisotopic (exact) mass is 364 g/mol. The largest absolute Gasteiger partial charge is 0.419 e. The van der Waals surface area contributed by atoms with E-state index in [1.54, 1.807) is 7.05 Å². The number of rotatable bonds is 6. The zero-order valence-electron chi connectivity index (χ0n) is 16.1. The molecule has 0 aliphatic heterocycles. The maximum Gasteiger partial charge on any atom is 0.251 e. The molecule has 0 unspecified atom stereocenters. The van der Waals surface area contributed by atoms with Gasteiger partial charge in [-0.15, -0.1) is 10.2 Å². The van der Waals surface area contributed by atoms with Crippen LogP contribution in [0.25, 0.3) is 11.5 Å². The number of benzene rings is 2. The Labute approximate surface area is 159 Å². The summed E-state index contributed by atoms with van der Waals surface area (Å²) in [6.07, 6.45) is 0. The molecule has 1 aromatic heterocycles. The Morgan fingerprint density at radius 1 is 1.19 bits per heavy atom. The van der Waals surface area contributed by atoms with Crippen molar-refractivity contribution in [3.63, 3.8) is 0 Å². The molecule has 6 heteroatoms. The Hall–Kier alpha value is -2.99. The van der Waals surface area contributed by atoms with Crippen molar-refractivity contribution in [2.24, 2.45) is 0 Å². The van der Waals surface area contributed by atoms with Gasteiger partial charge in [-0.25, -0.2) is 0 Å². The highest BCUT2D eigenvalue weighted by Gasteiger charge is 2.19. The number of aromatic nitrogens is 2. The van der Waals surface area contributed by atoms with E-state index in [9.17, 15) is 4.79 Å². The summed E-state index contributed by atoms with van der Waals surface area (Å²) >= 11 is 0. The van der Waals surface area contributed by atoms with Crippen LogP contribution in [0.2, 0.25) is 0 Å². The summed E-state index contributed by atoms with van der Waals surface area (Å²) in [6, 6.07) is 15.5. The summed E-state index contributed by atoms with van der Waals surface area (Å²) in [6.45, 7) is 4.77. The molecule has 27 heavy (non-hydrogen) atoms. The zero-order valence-corrected chi connectivity index (χ0v) is 16.1. The minimum Gasteiger partial charge on any atom is -0.419 e. The summed E-state index contributed by atoms with van der Waals surface area (Å²) in [7, 11) is 3.63. The Morgan fingerprint density at radius 2 is 1.93 bits per heavy atom. The maximum atomic E-state index is 11.6. The molecule has 3 aromatic rings. The quantitative estimate of drug-likeness (QED) is 0.724. The molecular weight excluding hydrogens is 340 g/mol. The van der Waals surface area contributed by atoms with Gasteiger partial charge in [0, 0.05) is 24.7 Å². The highest BCUT2D eigenvalue weighted by atomic mass is 16.4. The molecule has 1 N–H and O–H groups in total. The van der Waals surface area contributed by atoms with Crippen molar-refractivity contribution in [3.05, 3.63) is 71.1 Å². The highest BCUT2D eigenvalue weighted by molar-refractivity contribution is 5.93. The first kappa shape index (κ1) is 18.8. The SMILES string of the molecule is CNC(=O)c1ccc(CN(C)[C@H](C)c2nnc(-c3cccc(C)c3)o2)cc1. The van der Waals surface area contributed by atoms with Crippen molar-refractivity contribution < 1.29 is 9.21 Å². The van der Waals surface area contributed by atoms with Crippen molar-refractivity contribution in [2.75, 3.05) is 14.1 Å². The van der Waals surface area contributed by atoms with Crippen LogP contribution in [0.4, 0.5) is 0 Å². The number of hydrogen-bond acceptors (Lipinski definition) is 5. The van der Waals surface area contributed by atoms with Gasteiger partial charge >= 0.3 is 0 Å². The number of carbonyl (C=O) groups excluding carboxylic acids is 1. The lowest BCUT2D eigenvalue weighted by atomic mass is 10.1. The molecule has 1 atom stereocenters. The number of nitrogens with one attached hydrogen (secondary N) is 1. The van der Waals surface area contributed by atoms with Gasteiger partial charge in [-0.2, -0.15) is 0 Å². The van der Waals surface area contributed by atoms with Crippen molar-refractivity contribution >= 4 is 5.91 Å². The van der Waals surface area contributed by atoms with Crippen molar-refractivity contribution in [3.8, 4) is 11.5 Å². The van der Waals surface area contributed by atoms with Crippen LogP contribution in [-0.4, -0.2) is 35.1 Å². The number of carbonyl (C=O) groups is 1. The Balaban J connectivity index is 1.68. The average Bonchev–Trinajstić information content (AvgIpc) is 3.17. The third-order valence-corrected chi connectivity index (χ3v) is 4.60. The summed E-state index contributed by atoms with van der Waals surface area (Å²) in [4.78, 5) is 13.8. The van der Waals surface area contributed by atoms with Crippen LogP contribution in [0.5, 0.6) is 0 Å². The predicted molar refractivity (Wildman–Crippen MR) is 104 cm³/mol. The lowest BCUT2D eigenvalue weighted by Crippen LogP contribution is -2.22. The first-order valence-corrected chi connectivity index (χ1v) is 8.89. The van der Waals surface area contributed by atoms with Crippen LogP contribution >= 0.6 is 0 Å². The molecule has 140 valence electrons. The fourth-order valence-electron chi connectivity index (χ4n) is 2.82. The predicted octanol–water partition coefficient (Wildman–Crippen LogP) is 3.60. The molecule has 0 bridgehead atoms. The van der Waals surface area contributed by atoms with E-state index in [4.69, 9.17) is 4.42 Å². The third kappa shape index (κ3) is 4.41. The van der Waals surface area contributed by atoms with Gasteiger partial charge in [0.15, 0.2) is 0 Å². The summed E-state index contributed by atoms with van der Waals surface area (Å²) < 4.78 is 5.89. The second kappa shape index (κ2) is 8.14. The fraction of sp³-hybridized carbons (Fsp3) is 0.286. The Bertz CT molecular complexity index is 918. The number of aryl methyl sites for hydroxylation is 1. The highest BCUT2D eigenvalue weighted by Crippen LogP contribution is 2.24. The van der Waals surface area contributed by atoms with Gasteiger partial charge in [0.05, 0.1) is 6.04 Å². The zero-order chi connectivity index (χ0) is 19.4. The third-order valence-electron chi connectivity index (χ3n) is 4.60. The van der Waals surface area contributed by atoms with E-state index in [0.29, 0.717) is 23.9 Å². The van der Waals surface area contributed by atoms with Gasteiger partial charge in [-0.1, -0.05) is 29.8 Å². The molecule has 0 radical (unpaired) electrons. The number of amides is 1. The van der Waals surface area contributed by atoms with Crippen LogP contribution in [0, 0.1) is 6.92 Å². The second-order valence-corrected chi connectivity index (χ2v) is 6.68. The lowest BCUT2D eigenvalue weighted by molar-refractivity contribution is 0.0963. The van der Waals surface area contributed by atoms with E-state index in [2.05, 4.69) is 20.4 Å². The van der Waals surface area contributed by atoms with Gasteiger partial charge in [0.25, 0.3) is 5.91 Å². The minimum absolute atomic E-state index is 0.0327. The van der Waals surface area contributed by atoms with E-state index >= 15 is 0 Å². The molecule has 0 aliphatic carbocycles.